The van der Waals surface area contributed by atoms with Gasteiger partial charge >= 0.3 is 0 Å². The molecule has 0 aliphatic heterocycles. The maximum absolute atomic E-state index is 2.40. The van der Waals surface area contributed by atoms with Gasteiger partial charge in [0.15, 0.2) is 0 Å². The van der Waals surface area contributed by atoms with Crippen LogP contribution in [0.15, 0.2) is 77.5 Å². The zero-order chi connectivity index (χ0) is 17.3. The van der Waals surface area contributed by atoms with Crippen LogP contribution in [0.2, 0.25) is 0 Å². The molecule has 0 saturated carbocycles. The normalized spacial score (nSPS) is 16.8. The molecule has 0 bridgehead atoms. The second-order valence-electron chi connectivity index (χ2n) is 6.18. The zero-order valence-corrected chi connectivity index (χ0v) is 17.2. The largest absolute Gasteiger partial charge is 0.143 e. The van der Waals surface area contributed by atoms with Crippen molar-refractivity contribution in [2.75, 3.05) is 0 Å². The van der Waals surface area contributed by atoms with Crippen LogP contribution in [-0.4, -0.2) is 0 Å². The van der Waals surface area contributed by atoms with Crippen molar-refractivity contribution in [2.45, 2.75) is 12.3 Å². The van der Waals surface area contributed by atoms with Crippen LogP contribution < -0.4 is 0 Å². The van der Waals surface area contributed by atoms with Crippen LogP contribution in [-0.2, 0) is 0 Å². The van der Waals surface area contributed by atoms with E-state index in [1.165, 1.54) is 34.8 Å². The topological polar surface area (TPSA) is 0 Å². The smallest absolute Gasteiger partial charge is 0.0449 e. The number of hydrogen-bond acceptors (Lipinski definition) is 4. The van der Waals surface area contributed by atoms with Crippen molar-refractivity contribution in [1.82, 2.24) is 0 Å². The van der Waals surface area contributed by atoms with E-state index in [-0.39, 0.29) is 0 Å². The third kappa shape index (κ3) is 3.19. The van der Waals surface area contributed by atoms with E-state index in [2.05, 4.69) is 77.5 Å². The third-order valence-corrected chi connectivity index (χ3v) is 8.99. The molecule has 0 aromatic carbocycles. The Bertz CT molecular complexity index is 1060. The molecule has 0 N–H and O–H groups in total. The Morgan fingerprint density at radius 2 is 1.38 bits per heavy atom. The van der Waals surface area contributed by atoms with Crippen molar-refractivity contribution < 1.29 is 0 Å². The molecule has 0 saturated heterocycles. The Labute approximate surface area is 169 Å². The predicted molar refractivity (Wildman–Crippen MR) is 120 cm³/mol. The minimum absolute atomic E-state index is 0.509. The molecular weight excluding hydrogens is 393 g/mol. The van der Waals surface area contributed by atoms with E-state index < -0.39 is 0 Å². The Morgan fingerprint density at radius 1 is 0.692 bits per heavy atom. The monoisotopic (exact) mass is 408 g/mol. The molecule has 4 heterocycles. The van der Waals surface area contributed by atoms with Gasteiger partial charge < -0.3 is 0 Å². The molecule has 5 rings (SSSR count). The molecule has 0 nitrogen and oxygen atoms in total. The Balaban J connectivity index is 1.33. The number of thiophene rings is 4. The van der Waals surface area contributed by atoms with Crippen molar-refractivity contribution in [3.05, 3.63) is 87.3 Å². The minimum atomic E-state index is 0.509. The molecule has 0 fully saturated rings. The van der Waals surface area contributed by atoms with Crippen LogP contribution in [0.5, 0.6) is 0 Å². The van der Waals surface area contributed by atoms with E-state index in [1.54, 1.807) is 0 Å². The first-order chi connectivity index (χ1) is 12.9. The Kier molecular flexibility index (Phi) is 4.51. The van der Waals surface area contributed by atoms with Crippen LogP contribution in [0.25, 0.3) is 25.1 Å². The third-order valence-electron chi connectivity index (χ3n) is 4.51. The summed E-state index contributed by atoms with van der Waals surface area (Å²) in [5.41, 5.74) is 1.36. The van der Waals surface area contributed by atoms with Gasteiger partial charge in [0.2, 0.25) is 0 Å². The molecule has 4 heteroatoms. The quantitative estimate of drug-likeness (QED) is 0.318. The van der Waals surface area contributed by atoms with Crippen molar-refractivity contribution in [1.29, 1.82) is 0 Å². The number of hydrogen-bond donors (Lipinski definition) is 0. The maximum Gasteiger partial charge on any atom is 0.0449 e. The lowest BCUT2D eigenvalue weighted by atomic mass is 9.95. The lowest BCUT2D eigenvalue weighted by Crippen LogP contribution is -1.95. The molecule has 0 amide bonds. The second kappa shape index (κ2) is 7.12. The van der Waals surface area contributed by atoms with Gasteiger partial charge in [-0.05, 0) is 59.2 Å². The van der Waals surface area contributed by atoms with E-state index in [9.17, 15) is 0 Å². The fraction of sp³-hybridized carbons (Fsp3) is 0.0909. The van der Waals surface area contributed by atoms with Crippen molar-refractivity contribution in [2.24, 2.45) is 0 Å². The second-order valence-corrected chi connectivity index (χ2v) is 10.3. The van der Waals surface area contributed by atoms with E-state index in [0.29, 0.717) is 5.92 Å². The van der Waals surface area contributed by atoms with Crippen LogP contribution in [0.4, 0.5) is 0 Å². The van der Waals surface area contributed by atoms with Crippen LogP contribution >= 0.6 is 45.3 Å². The predicted octanol–water partition coefficient (Wildman–Crippen LogP) is 8.39. The van der Waals surface area contributed by atoms with Crippen molar-refractivity contribution in [3.8, 4) is 19.5 Å². The summed E-state index contributed by atoms with van der Waals surface area (Å²) >= 11 is 7.45. The van der Waals surface area contributed by atoms with E-state index in [1.807, 2.05) is 45.3 Å². The Morgan fingerprint density at radius 3 is 2.04 bits per heavy atom. The molecule has 4 aromatic rings. The lowest BCUT2D eigenvalue weighted by molar-refractivity contribution is 0.877. The van der Waals surface area contributed by atoms with Gasteiger partial charge in [0.05, 0.1) is 0 Å². The van der Waals surface area contributed by atoms with E-state index in [4.69, 9.17) is 0 Å². The number of rotatable bonds is 4. The molecule has 0 radical (unpaired) electrons. The molecule has 1 atom stereocenters. The van der Waals surface area contributed by atoms with Gasteiger partial charge in [-0.2, -0.15) is 0 Å². The lowest BCUT2D eigenvalue weighted by Gasteiger charge is -2.14. The van der Waals surface area contributed by atoms with Crippen LogP contribution in [0.3, 0.4) is 0 Å². The highest BCUT2D eigenvalue weighted by Gasteiger charge is 2.16. The van der Waals surface area contributed by atoms with Gasteiger partial charge in [0.1, 0.15) is 0 Å². The molecule has 0 spiro atoms. The number of allylic oxidation sites excluding steroid dienone is 4. The van der Waals surface area contributed by atoms with Crippen molar-refractivity contribution >= 4 is 50.9 Å². The fourth-order valence-corrected chi connectivity index (χ4v) is 6.96. The Hall–Kier alpha value is -1.72. The summed E-state index contributed by atoms with van der Waals surface area (Å²) < 4.78 is 0. The highest BCUT2D eigenvalue weighted by Crippen LogP contribution is 2.40. The van der Waals surface area contributed by atoms with Gasteiger partial charge in [-0.3, -0.25) is 0 Å². The van der Waals surface area contributed by atoms with Crippen LogP contribution in [0, 0.1) is 0 Å². The summed E-state index contributed by atoms with van der Waals surface area (Å²) in [6, 6.07) is 17.7. The first kappa shape index (κ1) is 16.5. The minimum Gasteiger partial charge on any atom is -0.143 e. The van der Waals surface area contributed by atoms with Gasteiger partial charge in [-0.15, -0.1) is 45.3 Å². The van der Waals surface area contributed by atoms with Gasteiger partial charge in [0.25, 0.3) is 0 Å². The van der Waals surface area contributed by atoms with Gasteiger partial charge in [-0.1, -0.05) is 30.4 Å². The fourth-order valence-electron chi connectivity index (χ4n) is 3.16. The average Bonchev–Trinajstić information content (AvgIpc) is 3.49. The maximum atomic E-state index is 2.40. The van der Waals surface area contributed by atoms with Crippen LogP contribution in [0.1, 0.15) is 22.1 Å². The molecule has 1 unspecified atom stereocenters. The summed E-state index contributed by atoms with van der Waals surface area (Å²) in [5, 5.41) is 4.29. The highest BCUT2D eigenvalue weighted by molar-refractivity contribution is 7.22. The van der Waals surface area contributed by atoms with Gasteiger partial charge in [0, 0.05) is 35.2 Å². The molecule has 128 valence electrons. The summed E-state index contributed by atoms with van der Waals surface area (Å²) in [6.07, 6.45) is 8.17. The molecule has 1 aliphatic rings. The van der Waals surface area contributed by atoms with E-state index in [0.717, 1.165) is 6.42 Å². The summed E-state index contributed by atoms with van der Waals surface area (Å²) in [4.78, 5) is 8.32. The average molecular weight is 409 g/mol. The standard InChI is InChI=1S/C22H16S4/c1-3-19(23-13-1)21-11-9-17(25-21)15-5-7-16(8-6-15)18-10-12-22(26-18)20-4-2-14-24-20/h1-7,9-14,16H,8H2. The summed E-state index contributed by atoms with van der Waals surface area (Å²) in [6.45, 7) is 0. The molecule has 4 aromatic heterocycles. The SMILES string of the molecule is C1=CC(c2ccc(-c3cccs3)s2)CC=C1c1ccc(-c2cccs2)s1. The summed E-state index contributed by atoms with van der Waals surface area (Å²) in [7, 11) is 0. The molecule has 1 aliphatic carbocycles. The first-order valence-corrected chi connectivity index (χ1v) is 11.9. The van der Waals surface area contributed by atoms with Gasteiger partial charge in [-0.25, -0.2) is 0 Å². The first-order valence-electron chi connectivity index (χ1n) is 8.53. The molecule has 26 heavy (non-hydrogen) atoms. The summed E-state index contributed by atoms with van der Waals surface area (Å²) in [5.74, 6) is 0.509. The van der Waals surface area contributed by atoms with Crippen molar-refractivity contribution in [3.63, 3.8) is 0 Å². The molecular formula is C22H16S4. The highest BCUT2D eigenvalue weighted by atomic mass is 32.1. The van der Waals surface area contributed by atoms with E-state index >= 15 is 0 Å². The zero-order valence-electron chi connectivity index (χ0n) is 13.9.